The van der Waals surface area contributed by atoms with Crippen LogP contribution in [0.25, 0.3) is 0 Å². The van der Waals surface area contributed by atoms with Crippen molar-refractivity contribution in [2.75, 3.05) is 0 Å². The molecule has 0 bridgehead atoms. The summed E-state index contributed by atoms with van der Waals surface area (Å²) in [4.78, 5) is 0. The van der Waals surface area contributed by atoms with E-state index in [2.05, 4.69) is 0 Å². The molecule has 80 valence electrons. The molecule has 0 radical (unpaired) electrons. The first-order valence-corrected chi connectivity index (χ1v) is 4.27. The van der Waals surface area contributed by atoms with Gasteiger partial charge in [0.25, 0.3) is 0 Å². The smallest absolute Gasteiger partial charge is 0.115 e. The second kappa shape index (κ2) is 7.92. The van der Waals surface area contributed by atoms with Crippen LogP contribution in [-0.2, 0) is 17.1 Å². The summed E-state index contributed by atoms with van der Waals surface area (Å²) in [6.45, 7) is 0. The largest absolute Gasteiger partial charge is 0.508 e. The van der Waals surface area contributed by atoms with Gasteiger partial charge in [0.1, 0.15) is 11.5 Å². The van der Waals surface area contributed by atoms with Crippen LogP contribution in [0.15, 0.2) is 60.7 Å². The molecule has 2 nitrogen and oxygen atoms in total. The summed E-state index contributed by atoms with van der Waals surface area (Å²) in [5.74, 6) is 0.644. The zero-order chi connectivity index (χ0) is 10.2. The van der Waals surface area contributed by atoms with E-state index in [9.17, 15) is 0 Å². The van der Waals surface area contributed by atoms with Crippen molar-refractivity contribution in [2.45, 2.75) is 0 Å². The third-order valence-electron chi connectivity index (χ3n) is 1.51. The molecular weight excluding hydrogens is 232 g/mol. The molecule has 3 heteroatoms. The number of rotatable bonds is 0. The van der Waals surface area contributed by atoms with Crippen molar-refractivity contribution in [3.63, 3.8) is 0 Å². The Bertz CT molecular complexity index is 311. The Labute approximate surface area is 99.7 Å². The summed E-state index contributed by atoms with van der Waals surface area (Å²) in [5, 5.41) is 17.3. The molecule has 2 rings (SSSR count). The summed E-state index contributed by atoms with van der Waals surface area (Å²) < 4.78 is 0. The van der Waals surface area contributed by atoms with Gasteiger partial charge in [-0.1, -0.05) is 36.4 Å². The molecule has 0 aromatic heterocycles. The van der Waals surface area contributed by atoms with Gasteiger partial charge in [-0.2, -0.15) is 0 Å². The molecule has 15 heavy (non-hydrogen) atoms. The Morgan fingerprint density at radius 3 is 0.933 bits per heavy atom. The summed E-state index contributed by atoms with van der Waals surface area (Å²) in [6.07, 6.45) is 0. The van der Waals surface area contributed by atoms with Crippen molar-refractivity contribution >= 4 is 0 Å². The maximum Gasteiger partial charge on any atom is 0.115 e. The topological polar surface area (TPSA) is 40.5 Å². The minimum Gasteiger partial charge on any atom is -0.508 e. The van der Waals surface area contributed by atoms with Crippen LogP contribution >= 0.6 is 0 Å². The average molecular weight is 244 g/mol. The first-order chi connectivity index (χ1) is 6.79. The van der Waals surface area contributed by atoms with Crippen LogP contribution in [0.4, 0.5) is 0 Å². The van der Waals surface area contributed by atoms with Crippen molar-refractivity contribution in [3.8, 4) is 11.5 Å². The van der Waals surface area contributed by atoms with Gasteiger partial charge in [-0.3, -0.25) is 0 Å². The van der Waals surface area contributed by atoms with Gasteiger partial charge in [-0.15, -0.1) is 0 Å². The molecule has 0 saturated heterocycles. The molecule has 2 aromatic rings. The van der Waals surface area contributed by atoms with Crippen molar-refractivity contribution < 1.29 is 27.3 Å². The number of phenolic OH excluding ortho intramolecular Hbond substituents is 2. The number of phenols is 2. The second-order valence-corrected chi connectivity index (χ2v) is 2.67. The molecule has 0 atom stereocenters. The molecule has 2 N–H and O–H groups in total. The molecule has 0 heterocycles. The number of para-hydroxylation sites is 2. The number of benzene rings is 2. The molecule has 0 aliphatic heterocycles. The van der Waals surface area contributed by atoms with Crippen LogP contribution in [0.1, 0.15) is 0 Å². The van der Waals surface area contributed by atoms with Crippen LogP contribution in [0, 0.1) is 0 Å². The van der Waals surface area contributed by atoms with Crippen LogP contribution in [0.3, 0.4) is 0 Å². The van der Waals surface area contributed by atoms with Gasteiger partial charge in [-0.05, 0) is 24.3 Å². The van der Waals surface area contributed by atoms with E-state index in [1.807, 2.05) is 12.1 Å². The Kier molecular flexibility index (Phi) is 7.16. The maximum absolute atomic E-state index is 8.63. The van der Waals surface area contributed by atoms with E-state index in [0.29, 0.717) is 11.5 Å². The summed E-state index contributed by atoms with van der Waals surface area (Å²) in [6, 6.07) is 17.4. The predicted molar refractivity (Wildman–Crippen MR) is 56.2 cm³/mol. The number of aromatic hydroxyl groups is 2. The molecular formula is C12H12FeO2. The quantitative estimate of drug-likeness (QED) is 0.699. The van der Waals surface area contributed by atoms with E-state index < -0.39 is 0 Å². The monoisotopic (exact) mass is 244 g/mol. The number of hydrogen-bond donors (Lipinski definition) is 2. The second-order valence-electron chi connectivity index (χ2n) is 2.67. The Morgan fingerprint density at radius 1 is 0.533 bits per heavy atom. The van der Waals surface area contributed by atoms with Crippen molar-refractivity contribution in [3.05, 3.63) is 60.7 Å². The molecule has 0 aliphatic rings. The van der Waals surface area contributed by atoms with E-state index in [1.54, 1.807) is 48.5 Å². The first kappa shape index (κ1) is 13.6. The van der Waals surface area contributed by atoms with Gasteiger partial charge in [-0.25, -0.2) is 0 Å². The van der Waals surface area contributed by atoms with Crippen LogP contribution in [0.2, 0.25) is 0 Å². The van der Waals surface area contributed by atoms with E-state index in [4.69, 9.17) is 10.2 Å². The van der Waals surface area contributed by atoms with Crippen molar-refractivity contribution in [2.24, 2.45) is 0 Å². The SMILES string of the molecule is Oc1ccccc1.Oc1ccccc1.[Fe]. The van der Waals surface area contributed by atoms with Gasteiger partial charge < -0.3 is 10.2 Å². The molecule has 0 saturated carbocycles. The van der Waals surface area contributed by atoms with Crippen LogP contribution < -0.4 is 0 Å². The summed E-state index contributed by atoms with van der Waals surface area (Å²) >= 11 is 0. The van der Waals surface area contributed by atoms with Crippen molar-refractivity contribution in [1.82, 2.24) is 0 Å². The fourth-order valence-corrected chi connectivity index (χ4v) is 0.856. The van der Waals surface area contributed by atoms with Crippen LogP contribution in [0.5, 0.6) is 11.5 Å². The third-order valence-corrected chi connectivity index (χ3v) is 1.51. The summed E-state index contributed by atoms with van der Waals surface area (Å²) in [7, 11) is 0. The minimum atomic E-state index is 0. The Morgan fingerprint density at radius 2 is 0.800 bits per heavy atom. The van der Waals surface area contributed by atoms with Gasteiger partial charge in [0.2, 0.25) is 0 Å². The van der Waals surface area contributed by atoms with Gasteiger partial charge >= 0.3 is 0 Å². The van der Waals surface area contributed by atoms with Gasteiger partial charge in [0, 0.05) is 17.1 Å². The van der Waals surface area contributed by atoms with E-state index in [0.717, 1.165) is 0 Å². The van der Waals surface area contributed by atoms with E-state index in [-0.39, 0.29) is 17.1 Å². The molecule has 0 amide bonds. The average Bonchev–Trinajstić information content (AvgIpc) is 2.21. The Hall–Kier alpha value is -1.44. The van der Waals surface area contributed by atoms with Gasteiger partial charge in [0.05, 0.1) is 0 Å². The van der Waals surface area contributed by atoms with Crippen molar-refractivity contribution in [1.29, 1.82) is 0 Å². The zero-order valence-corrected chi connectivity index (χ0v) is 9.13. The summed E-state index contributed by atoms with van der Waals surface area (Å²) in [5.41, 5.74) is 0. The molecule has 0 fully saturated rings. The molecule has 0 aliphatic carbocycles. The molecule has 0 unspecified atom stereocenters. The fourth-order valence-electron chi connectivity index (χ4n) is 0.856. The predicted octanol–water partition coefficient (Wildman–Crippen LogP) is 2.78. The Balaban J connectivity index is 0.000000245. The molecule has 0 spiro atoms. The zero-order valence-electron chi connectivity index (χ0n) is 8.02. The third kappa shape index (κ3) is 6.61. The molecule has 2 aromatic carbocycles. The minimum absolute atomic E-state index is 0. The van der Waals surface area contributed by atoms with Gasteiger partial charge in [0.15, 0.2) is 0 Å². The standard InChI is InChI=1S/2C6H6O.Fe/c2*7-6-4-2-1-3-5-6;/h2*1-5,7H;. The maximum atomic E-state index is 8.63. The number of hydrogen-bond acceptors (Lipinski definition) is 2. The van der Waals surface area contributed by atoms with E-state index in [1.165, 1.54) is 0 Å². The first-order valence-electron chi connectivity index (χ1n) is 4.27. The normalized spacial score (nSPS) is 8.00. The van der Waals surface area contributed by atoms with Crippen LogP contribution in [-0.4, -0.2) is 10.2 Å². The fraction of sp³-hybridized carbons (Fsp3) is 0. The van der Waals surface area contributed by atoms with E-state index >= 15 is 0 Å².